The molecule has 2 aromatic heterocycles. The maximum atomic E-state index is 12.8. The Hall–Kier alpha value is -3.48. The standard InChI is InChI=1S/C21H30N6O4/c1-6-7-8-26(11-16(28)24-20-15(9-22)13(4)14(5)31-20)17-18(23)27(10-12(2)3)21(30)25-19(17)29/h12H,6-8,10-11,23H2,1-5H3,(H,24,28)(H,25,29,30). The molecule has 0 radical (unpaired) electrons. The van der Waals surface area contributed by atoms with E-state index in [-0.39, 0.29) is 35.4 Å². The Kier molecular flexibility index (Phi) is 7.69. The highest BCUT2D eigenvalue weighted by molar-refractivity contribution is 5.94. The van der Waals surface area contributed by atoms with Crippen LogP contribution in [0.25, 0.3) is 0 Å². The number of unbranched alkanes of at least 4 members (excludes halogenated alkanes) is 1. The second kappa shape index (κ2) is 10.0. The summed E-state index contributed by atoms with van der Waals surface area (Å²) in [6.07, 6.45) is 1.54. The van der Waals surface area contributed by atoms with Gasteiger partial charge in [0.05, 0.1) is 6.54 Å². The van der Waals surface area contributed by atoms with Crippen LogP contribution in [0.5, 0.6) is 0 Å². The van der Waals surface area contributed by atoms with E-state index in [1.54, 1.807) is 18.7 Å². The summed E-state index contributed by atoms with van der Waals surface area (Å²) in [4.78, 5) is 41.5. The Labute approximate surface area is 180 Å². The van der Waals surface area contributed by atoms with Crippen LogP contribution in [0.2, 0.25) is 0 Å². The summed E-state index contributed by atoms with van der Waals surface area (Å²) in [7, 11) is 0. The average molecular weight is 431 g/mol. The van der Waals surface area contributed by atoms with Crippen LogP contribution >= 0.6 is 0 Å². The Bertz CT molecular complexity index is 1100. The van der Waals surface area contributed by atoms with Gasteiger partial charge in [-0.05, 0) is 26.2 Å². The molecule has 2 aromatic rings. The molecule has 0 aliphatic heterocycles. The molecule has 10 nitrogen and oxygen atoms in total. The first-order valence-electron chi connectivity index (χ1n) is 10.3. The summed E-state index contributed by atoms with van der Waals surface area (Å²) >= 11 is 0. The minimum atomic E-state index is -0.645. The first kappa shape index (κ1) is 23.8. The van der Waals surface area contributed by atoms with Crippen LogP contribution in [0.3, 0.4) is 0 Å². The highest BCUT2D eigenvalue weighted by atomic mass is 16.4. The molecule has 0 unspecified atom stereocenters. The number of nitriles is 1. The van der Waals surface area contributed by atoms with E-state index in [4.69, 9.17) is 10.2 Å². The molecule has 31 heavy (non-hydrogen) atoms. The fourth-order valence-corrected chi connectivity index (χ4v) is 3.24. The van der Waals surface area contributed by atoms with Gasteiger partial charge in [0.1, 0.15) is 28.9 Å². The number of aromatic nitrogens is 2. The minimum Gasteiger partial charge on any atom is -0.444 e. The zero-order valence-electron chi connectivity index (χ0n) is 18.7. The molecule has 2 rings (SSSR count). The van der Waals surface area contributed by atoms with Crippen molar-refractivity contribution in [2.24, 2.45) is 5.92 Å². The summed E-state index contributed by atoms with van der Waals surface area (Å²) in [5.74, 6) is 0.289. The SMILES string of the molecule is CCCCN(CC(=O)Nc1oc(C)c(C)c1C#N)c1c(N)n(CC(C)C)c(=O)[nH]c1=O. The number of nitrogens with one attached hydrogen (secondary N) is 2. The zero-order valence-corrected chi connectivity index (χ0v) is 18.7. The maximum Gasteiger partial charge on any atom is 0.330 e. The number of aromatic amines is 1. The van der Waals surface area contributed by atoms with Crippen molar-refractivity contribution >= 4 is 23.3 Å². The second-order valence-electron chi connectivity index (χ2n) is 7.92. The van der Waals surface area contributed by atoms with E-state index in [2.05, 4.69) is 10.3 Å². The molecule has 0 bridgehead atoms. The molecule has 1 amide bonds. The van der Waals surface area contributed by atoms with Gasteiger partial charge in [0.25, 0.3) is 5.56 Å². The number of aryl methyl sites for hydroxylation is 1. The minimum absolute atomic E-state index is 0.0220. The predicted molar refractivity (Wildman–Crippen MR) is 119 cm³/mol. The third-order valence-electron chi connectivity index (χ3n) is 4.94. The molecular formula is C21H30N6O4. The van der Waals surface area contributed by atoms with E-state index < -0.39 is 17.2 Å². The van der Waals surface area contributed by atoms with Gasteiger partial charge in [-0.1, -0.05) is 27.2 Å². The van der Waals surface area contributed by atoms with Gasteiger partial charge in [-0.2, -0.15) is 5.26 Å². The zero-order chi connectivity index (χ0) is 23.3. The largest absolute Gasteiger partial charge is 0.444 e. The number of furan rings is 1. The molecule has 0 aromatic carbocycles. The van der Waals surface area contributed by atoms with E-state index in [9.17, 15) is 19.6 Å². The normalized spacial score (nSPS) is 10.9. The van der Waals surface area contributed by atoms with Crippen LogP contribution in [0, 0.1) is 31.1 Å². The maximum absolute atomic E-state index is 12.8. The van der Waals surface area contributed by atoms with Crippen LogP contribution in [-0.4, -0.2) is 28.5 Å². The number of H-pyrrole nitrogens is 1. The molecule has 0 saturated heterocycles. The molecule has 10 heteroatoms. The lowest BCUT2D eigenvalue weighted by molar-refractivity contribution is -0.115. The van der Waals surface area contributed by atoms with Crippen molar-refractivity contribution in [1.29, 1.82) is 5.26 Å². The number of carbonyl (C=O) groups is 1. The van der Waals surface area contributed by atoms with E-state index in [1.165, 1.54) is 4.57 Å². The highest BCUT2D eigenvalue weighted by Gasteiger charge is 2.23. The topological polar surface area (TPSA) is 150 Å². The monoisotopic (exact) mass is 430 g/mol. The van der Waals surface area contributed by atoms with E-state index >= 15 is 0 Å². The molecular weight excluding hydrogens is 400 g/mol. The molecule has 0 fully saturated rings. The molecule has 0 saturated carbocycles. The third-order valence-corrected chi connectivity index (χ3v) is 4.94. The van der Waals surface area contributed by atoms with E-state index in [0.717, 1.165) is 6.42 Å². The predicted octanol–water partition coefficient (Wildman–Crippen LogP) is 2.10. The first-order chi connectivity index (χ1) is 14.6. The van der Waals surface area contributed by atoms with Gasteiger partial charge >= 0.3 is 5.69 Å². The van der Waals surface area contributed by atoms with Crippen LogP contribution < -0.4 is 27.2 Å². The first-order valence-corrected chi connectivity index (χ1v) is 10.3. The summed E-state index contributed by atoms with van der Waals surface area (Å²) in [6, 6.07) is 2.02. The lowest BCUT2D eigenvalue weighted by Gasteiger charge is -2.25. The van der Waals surface area contributed by atoms with Crippen LogP contribution in [0.4, 0.5) is 17.4 Å². The van der Waals surface area contributed by atoms with Gasteiger partial charge in [-0.15, -0.1) is 0 Å². The van der Waals surface area contributed by atoms with E-state index in [1.807, 2.05) is 26.8 Å². The Morgan fingerprint density at radius 2 is 2.03 bits per heavy atom. The number of rotatable bonds is 9. The lowest BCUT2D eigenvalue weighted by atomic mass is 10.2. The van der Waals surface area contributed by atoms with Crippen molar-refractivity contribution in [2.75, 3.05) is 29.0 Å². The number of anilines is 3. The van der Waals surface area contributed by atoms with Crippen molar-refractivity contribution in [3.63, 3.8) is 0 Å². The van der Waals surface area contributed by atoms with Gasteiger partial charge in [-0.3, -0.25) is 24.5 Å². The number of nitrogen functional groups attached to an aromatic ring is 1. The number of nitrogens with two attached hydrogens (primary N) is 1. The van der Waals surface area contributed by atoms with E-state index in [0.29, 0.717) is 30.8 Å². The molecule has 0 aliphatic rings. The number of carbonyl (C=O) groups excluding carboxylic acids is 1. The average Bonchev–Trinajstić information content (AvgIpc) is 2.95. The Balaban J connectivity index is 2.40. The Morgan fingerprint density at radius 1 is 1.35 bits per heavy atom. The van der Waals surface area contributed by atoms with Crippen molar-refractivity contribution in [1.82, 2.24) is 9.55 Å². The van der Waals surface area contributed by atoms with Gasteiger partial charge in [0, 0.05) is 18.7 Å². The number of nitrogens with zero attached hydrogens (tertiary/aromatic N) is 3. The van der Waals surface area contributed by atoms with Gasteiger partial charge in [0.2, 0.25) is 11.8 Å². The second-order valence-corrected chi connectivity index (χ2v) is 7.92. The van der Waals surface area contributed by atoms with Crippen molar-refractivity contribution in [3.05, 3.63) is 37.7 Å². The lowest BCUT2D eigenvalue weighted by Crippen LogP contribution is -2.42. The van der Waals surface area contributed by atoms with Gasteiger partial charge in [0.15, 0.2) is 0 Å². The summed E-state index contributed by atoms with van der Waals surface area (Å²) in [5, 5.41) is 11.9. The molecule has 4 N–H and O–H groups in total. The molecule has 168 valence electrons. The van der Waals surface area contributed by atoms with Gasteiger partial charge < -0.3 is 15.1 Å². The van der Waals surface area contributed by atoms with Gasteiger partial charge in [-0.25, -0.2) is 4.79 Å². The molecule has 0 spiro atoms. The van der Waals surface area contributed by atoms with Crippen LogP contribution in [0.1, 0.15) is 50.5 Å². The fourth-order valence-electron chi connectivity index (χ4n) is 3.24. The highest BCUT2D eigenvalue weighted by Crippen LogP contribution is 2.25. The molecule has 0 atom stereocenters. The van der Waals surface area contributed by atoms with Crippen LogP contribution in [-0.2, 0) is 11.3 Å². The summed E-state index contributed by atoms with van der Waals surface area (Å²) in [5.41, 5.74) is 5.98. The smallest absolute Gasteiger partial charge is 0.330 e. The van der Waals surface area contributed by atoms with Crippen LogP contribution in [0.15, 0.2) is 14.0 Å². The number of amides is 1. The summed E-state index contributed by atoms with van der Waals surface area (Å²) in [6.45, 7) is 9.81. The Morgan fingerprint density at radius 3 is 2.61 bits per heavy atom. The number of hydrogen-bond acceptors (Lipinski definition) is 7. The van der Waals surface area contributed by atoms with Crippen molar-refractivity contribution in [2.45, 2.75) is 54.0 Å². The van der Waals surface area contributed by atoms with Crippen molar-refractivity contribution < 1.29 is 9.21 Å². The summed E-state index contributed by atoms with van der Waals surface area (Å²) < 4.78 is 6.80. The fraction of sp³-hybridized carbons (Fsp3) is 0.524. The van der Waals surface area contributed by atoms with Crippen molar-refractivity contribution in [3.8, 4) is 6.07 Å². The third kappa shape index (κ3) is 5.36. The molecule has 0 aliphatic carbocycles. The quantitative estimate of drug-likeness (QED) is 0.551. The molecule has 2 heterocycles. The number of hydrogen-bond donors (Lipinski definition) is 3.